The third-order valence-electron chi connectivity index (χ3n) is 16.8. The number of nitrogens with one attached hydrogen (secondary N) is 13. The molecule has 0 radical (unpaired) electrons. The summed E-state index contributed by atoms with van der Waals surface area (Å²) in [5.74, 6) is -28.5. The molecule has 107 heavy (non-hydrogen) atoms. The van der Waals surface area contributed by atoms with Crippen LogP contribution in [0, 0.1) is 5.92 Å². The van der Waals surface area contributed by atoms with E-state index in [1.807, 2.05) is 21.3 Å². The van der Waals surface area contributed by atoms with Gasteiger partial charge in [-0.1, -0.05) is 68.8 Å². The summed E-state index contributed by atoms with van der Waals surface area (Å²) in [5, 5.41) is 96.2. The molecule has 7 rings (SSSR count). The number of fused-ring (bicyclic) bond motifs is 2. The SMILES string of the molecule is CCC[C@@H]1O[C@H]1C(=O)N[C@@H](CO)C(=O)N[C@H]1C(=O)N[C@H](Cc2c[nH]c3ccccc23)C(=O)N[C@@H](CC(=O)O)C(=O)N[C@@H](CC(=O)O)C(=O)N[C@H](c2ccc(O)cc2)C(=O)N[C@@H](CC(=O)O)C(=O)NCC(=O)N[C@H]([C@H](O)C(N)=O)C(=O)N[C@@H]([C@H](C)CC(=O)O)C(=O)N/C(=C/c2c[nH]c3ccccc23)C(=O)O[C@@H]1C. The van der Waals surface area contributed by atoms with Gasteiger partial charge in [0.2, 0.25) is 65.0 Å². The van der Waals surface area contributed by atoms with Crippen LogP contribution in [-0.4, -0.2) is 232 Å². The summed E-state index contributed by atoms with van der Waals surface area (Å²) in [6, 6.07) is -3.50. The number of nitrogens with two attached hydrogens (primary N) is 1. The lowest BCUT2D eigenvalue weighted by molar-refractivity contribution is -0.150. The minimum Gasteiger partial charge on any atom is -0.508 e. The molecule has 2 aromatic heterocycles. The van der Waals surface area contributed by atoms with Crippen LogP contribution in [0.3, 0.4) is 0 Å². The number of H-pyrrole nitrogens is 2. The summed E-state index contributed by atoms with van der Waals surface area (Å²) in [5.41, 5.74) is 5.33. The molecular weight excluding hydrogens is 1420 g/mol. The molecule has 22 N–H and O–H groups in total. The Hall–Kier alpha value is -12.9. The van der Waals surface area contributed by atoms with Crippen molar-refractivity contribution >= 4 is 129 Å². The van der Waals surface area contributed by atoms with Gasteiger partial charge in [-0.15, -0.1) is 0 Å². The van der Waals surface area contributed by atoms with E-state index in [0.29, 0.717) is 34.6 Å². The van der Waals surface area contributed by atoms with Gasteiger partial charge in [-0.3, -0.25) is 76.7 Å². The number of para-hydroxylation sites is 2. The van der Waals surface area contributed by atoms with E-state index in [4.69, 9.17) is 15.2 Å². The number of rotatable bonds is 22. The molecule has 2 fully saturated rings. The number of benzene rings is 3. The molecule has 14 atom stereocenters. The van der Waals surface area contributed by atoms with Gasteiger partial charge in [0, 0.05) is 46.2 Å². The maximum Gasteiger partial charge on any atom is 0.355 e. The van der Waals surface area contributed by atoms with Gasteiger partial charge in [-0.05, 0) is 60.7 Å². The molecule has 0 unspecified atom stereocenters. The van der Waals surface area contributed by atoms with E-state index in [1.165, 1.54) is 12.4 Å². The Labute approximate surface area is 604 Å². The van der Waals surface area contributed by atoms with Crippen LogP contribution < -0.4 is 64.2 Å². The number of epoxide rings is 1. The first-order valence-corrected chi connectivity index (χ1v) is 32.9. The predicted molar refractivity (Wildman–Crippen MR) is 363 cm³/mol. The van der Waals surface area contributed by atoms with Crippen molar-refractivity contribution in [3.63, 3.8) is 0 Å². The van der Waals surface area contributed by atoms with Crippen molar-refractivity contribution in [1.82, 2.24) is 68.5 Å². The number of carboxylic acid groups (broad SMARTS) is 4. The van der Waals surface area contributed by atoms with Crippen molar-refractivity contribution in [3.05, 3.63) is 108 Å². The Bertz CT molecular complexity index is 4290. The van der Waals surface area contributed by atoms with Gasteiger partial charge in [0.05, 0.1) is 44.9 Å². The zero-order valence-electron chi connectivity index (χ0n) is 57.1. The largest absolute Gasteiger partial charge is 0.508 e. The maximum atomic E-state index is 15.3. The molecule has 0 bridgehead atoms. The molecule has 2 aliphatic heterocycles. The van der Waals surface area contributed by atoms with Gasteiger partial charge >= 0.3 is 29.8 Å². The smallest absolute Gasteiger partial charge is 0.355 e. The molecule has 3 aromatic carbocycles. The third kappa shape index (κ3) is 22.6. The number of primary amides is 1. The molecule has 5 aromatic rings. The van der Waals surface area contributed by atoms with E-state index in [-0.39, 0.29) is 16.7 Å². The third-order valence-corrected chi connectivity index (χ3v) is 16.8. The molecular formula is C67H78N14O26. The predicted octanol–water partition coefficient (Wildman–Crippen LogP) is -5.21. The fourth-order valence-corrected chi connectivity index (χ4v) is 11.2. The number of aromatic hydroxyl groups is 1. The van der Waals surface area contributed by atoms with Crippen LogP contribution in [0.4, 0.5) is 0 Å². The first kappa shape index (κ1) is 81.4. The van der Waals surface area contributed by atoms with Gasteiger partial charge < -0.3 is 119 Å². The highest BCUT2D eigenvalue weighted by Gasteiger charge is 2.46. The van der Waals surface area contributed by atoms with Crippen molar-refractivity contribution in [2.24, 2.45) is 11.7 Å². The molecule has 2 aliphatic rings. The number of carboxylic acids is 4. The second-order valence-electron chi connectivity index (χ2n) is 24.9. The van der Waals surface area contributed by atoms with Crippen LogP contribution in [0.15, 0.2) is 90.9 Å². The highest BCUT2D eigenvalue weighted by Crippen LogP contribution is 2.28. The number of aliphatic carboxylic acids is 4. The Balaban J connectivity index is 1.39. The van der Waals surface area contributed by atoms with Crippen LogP contribution in [0.1, 0.15) is 82.0 Å². The number of phenols is 1. The summed E-state index contributed by atoms with van der Waals surface area (Å²) in [6.45, 7) is 1.38. The quantitative estimate of drug-likeness (QED) is 0.0175. The van der Waals surface area contributed by atoms with E-state index in [2.05, 4.69) is 47.2 Å². The Morgan fingerprint density at radius 2 is 1.19 bits per heavy atom. The van der Waals surface area contributed by atoms with Crippen molar-refractivity contribution in [1.29, 1.82) is 0 Å². The Morgan fingerprint density at radius 1 is 0.636 bits per heavy atom. The molecule has 40 nitrogen and oxygen atoms in total. The Morgan fingerprint density at radius 3 is 1.78 bits per heavy atom. The van der Waals surface area contributed by atoms with E-state index < -0.39 is 242 Å². The molecule has 0 aliphatic carbocycles. The number of cyclic esters (lactones) is 1. The van der Waals surface area contributed by atoms with Crippen LogP contribution in [-0.2, 0) is 97.4 Å². The number of aliphatic hydroxyl groups is 2. The summed E-state index contributed by atoms with van der Waals surface area (Å²) in [4.78, 5) is 241. The molecule has 2 saturated heterocycles. The average Bonchev–Trinajstić information content (AvgIpc) is 1.78. The number of carbonyl (C=O) groups excluding carboxylic acids is 13. The number of aromatic amines is 2. The van der Waals surface area contributed by atoms with Crippen LogP contribution in [0.25, 0.3) is 27.9 Å². The minimum atomic E-state index is -2.74. The summed E-state index contributed by atoms with van der Waals surface area (Å²) < 4.78 is 11.3. The van der Waals surface area contributed by atoms with Crippen molar-refractivity contribution in [3.8, 4) is 5.75 Å². The molecule has 4 heterocycles. The number of carbonyl (C=O) groups is 17. The van der Waals surface area contributed by atoms with Crippen molar-refractivity contribution in [2.45, 2.75) is 145 Å². The van der Waals surface area contributed by atoms with Gasteiger partial charge in [0.1, 0.15) is 71.9 Å². The highest BCUT2D eigenvalue weighted by atomic mass is 16.6. The number of aliphatic hydroxyl groups excluding tert-OH is 2. The second kappa shape index (κ2) is 37.0. The lowest BCUT2D eigenvalue weighted by atomic mass is 9.96. The topological polar surface area (TPSA) is 643 Å². The number of hydrogen-bond acceptors (Lipinski definition) is 22. The molecule has 572 valence electrons. The van der Waals surface area contributed by atoms with Crippen molar-refractivity contribution in [2.75, 3.05) is 13.2 Å². The molecule has 40 heteroatoms. The fourth-order valence-electron chi connectivity index (χ4n) is 11.2. The van der Waals surface area contributed by atoms with Gasteiger partial charge in [0.15, 0.2) is 12.2 Å². The van der Waals surface area contributed by atoms with Gasteiger partial charge in [0.25, 0.3) is 5.91 Å². The first-order chi connectivity index (χ1) is 50.7. The normalized spacial score (nSPS) is 24.1. The van der Waals surface area contributed by atoms with Gasteiger partial charge in [-0.2, -0.15) is 0 Å². The van der Waals surface area contributed by atoms with Crippen LogP contribution in [0.5, 0.6) is 5.75 Å². The maximum absolute atomic E-state index is 15.3. The number of ether oxygens (including phenoxy) is 2. The van der Waals surface area contributed by atoms with E-state index in [1.54, 1.807) is 55.5 Å². The number of amides is 12. The molecule has 12 amide bonds. The monoisotopic (exact) mass is 1490 g/mol. The van der Waals surface area contributed by atoms with Crippen LogP contribution in [0.2, 0.25) is 0 Å². The zero-order valence-corrected chi connectivity index (χ0v) is 57.1. The summed E-state index contributed by atoms with van der Waals surface area (Å²) in [6.07, 6.45) is -7.46. The van der Waals surface area contributed by atoms with E-state index in [0.717, 1.165) is 44.2 Å². The minimum absolute atomic E-state index is 0.0911. The number of phenolic OH excluding ortho intramolecular Hbond substituents is 1. The van der Waals surface area contributed by atoms with E-state index in [9.17, 15) is 103 Å². The van der Waals surface area contributed by atoms with Crippen LogP contribution >= 0.6 is 0 Å². The standard InChI is InChI=1S/C67H78N14O26/c1-4-9-44-55(107-44)66(104)77-43(27-82)61(99)80-51-29(3)106-67(105)42(20-32-25-70-37-13-8-6-11-35(32)37)76-62(100)50(28(2)18-46(85)86)79-65(103)53(54(93)56(68)94)78-45(84)26-71-57(95)39(21-47(87)88)75-64(102)52(30-14-16-33(83)17-15-30)81-60(98)41(23-49(91)92)73-59(97)40(22-48(89)90)72-58(96)38(74-63(51)101)19-31-24-69-36-12-7-5-10-34(31)36/h5-8,10-17,20,24-25,28-29,38-41,43-44,50-55,69-70,82-83,93H,4,9,18-19,21-23,26-27H2,1-3H3,(H2,68,94)(H,71,95)(H,72,96)(H,73,97)(H,74,101)(H,75,102)(H,76,100)(H,77,104)(H,78,84)(H,79,103)(H,80,99)(H,81,98)(H,85,86)(H,87,88)(H,89,90)(H,91,92)/b42-20+/t28-,29-,38-,39+,40+,41+,43+,44+,50+,51-,52-,53-,54+,55-/m1/s1. The lowest BCUT2D eigenvalue weighted by Gasteiger charge is -2.29. The highest BCUT2D eigenvalue weighted by molar-refractivity contribution is 6.05. The fraction of sp³-hybridized carbons (Fsp3) is 0.388. The van der Waals surface area contributed by atoms with E-state index >= 15 is 14.4 Å². The molecule has 0 spiro atoms. The number of aromatic nitrogens is 2. The molecule has 0 saturated carbocycles. The Kier molecular flexibility index (Phi) is 28.2. The zero-order chi connectivity index (χ0) is 78.7. The lowest BCUT2D eigenvalue weighted by Crippen LogP contribution is -2.62. The summed E-state index contributed by atoms with van der Waals surface area (Å²) in [7, 11) is 0. The second-order valence-corrected chi connectivity index (χ2v) is 24.9. The van der Waals surface area contributed by atoms with Crippen molar-refractivity contribution < 1.29 is 127 Å². The summed E-state index contributed by atoms with van der Waals surface area (Å²) >= 11 is 0. The number of esters is 1. The average molecular weight is 1500 g/mol. The first-order valence-electron chi connectivity index (χ1n) is 32.9. The van der Waals surface area contributed by atoms with Gasteiger partial charge in [-0.25, -0.2) is 4.79 Å². The number of hydrogen-bond donors (Lipinski definition) is 21.